The number of aliphatic hydroxyl groups is 1. The smallest absolute Gasteiger partial charge is 0.149 e. The molecule has 0 radical (unpaired) electrons. The fourth-order valence-electron chi connectivity index (χ4n) is 1.56. The third-order valence-electron chi connectivity index (χ3n) is 2.20. The van der Waals surface area contributed by atoms with Crippen LogP contribution in [0.25, 0.3) is 0 Å². The van der Waals surface area contributed by atoms with E-state index in [9.17, 15) is 4.79 Å². The van der Waals surface area contributed by atoms with Crippen molar-refractivity contribution in [3.8, 4) is 0 Å². The molecule has 0 amide bonds. The summed E-state index contributed by atoms with van der Waals surface area (Å²) in [5.74, 6) is 0.289. The Hall–Kier alpha value is -0.800. The molecular weight excluding hydrogens is 184 g/mol. The summed E-state index contributed by atoms with van der Waals surface area (Å²) in [7, 11) is 0. The number of carbonyl (C=O) groups excluding carboxylic acids is 1. The molecule has 2 nitrogen and oxygen atoms in total. The van der Waals surface area contributed by atoms with Crippen LogP contribution in [0.4, 0.5) is 0 Å². The Morgan fingerprint density at radius 1 is 1.54 bits per heavy atom. The summed E-state index contributed by atoms with van der Waals surface area (Å²) in [5.41, 5.74) is 0.734. The molecule has 0 aromatic rings. The van der Waals surface area contributed by atoms with Crippen molar-refractivity contribution in [2.24, 2.45) is 5.92 Å². The van der Waals surface area contributed by atoms with Gasteiger partial charge in [-0.25, -0.2) is 0 Å². The van der Waals surface area contributed by atoms with Gasteiger partial charge in [-0.3, -0.25) is 4.79 Å². The monoisotopic (exact) mass is 194 g/mol. The van der Waals surface area contributed by atoms with E-state index in [2.05, 4.69) is 0 Å². The first kappa shape index (κ1) is 8.78. The Morgan fingerprint density at radius 2 is 2.38 bits per heavy atom. The molecule has 1 heterocycles. The Bertz CT molecular complexity index is 315. The van der Waals surface area contributed by atoms with Crippen molar-refractivity contribution < 1.29 is 9.90 Å². The summed E-state index contributed by atoms with van der Waals surface area (Å²) < 4.78 is 0. The van der Waals surface area contributed by atoms with Gasteiger partial charge in [0.25, 0.3) is 0 Å². The number of hydrogen-bond donors (Lipinski definition) is 1. The van der Waals surface area contributed by atoms with E-state index < -0.39 is 0 Å². The number of aliphatic hydroxyl groups excluding tert-OH is 1. The van der Waals surface area contributed by atoms with Crippen LogP contribution in [-0.4, -0.2) is 23.2 Å². The molecule has 0 fully saturated rings. The molecule has 2 atom stereocenters. The van der Waals surface area contributed by atoms with Crippen LogP contribution in [0.5, 0.6) is 0 Å². The molecular formula is C10H10O2S. The second-order valence-electron chi connectivity index (χ2n) is 3.09. The Balaban J connectivity index is 2.20. The molecule has 0 saturated carbocycles. The Morgan fingerprint density at radius 3 is 3.08 bits per heavy atom. The third kappa shape index (κ3) is 1.62. The van der Waals surface area contributed by atoms with E-state index in [1.807, 2.05) is 24.3 Å². The van der Waals surface area contributed by atoms with Crippen molar-refractivity contribution in [2.45, 2.75) is 5.25 Å². The molecule has 0 aromatic heterocycles. The van der Waals surface area contributed by atoms with E-state index in [1.165, 1.54) is 0 Å². The van der Waals surface area contributed by atoms with Crippen LogP contribution in [0.2, 0.25) is 0 Å². The fourth-order valence-corrected chi connectivity index (χ4v) is 2.70. The van der Waals surface area contributed by atoms with E-state index in [-0.39, 0.29) is 12.5 Å². The molecule has 0 aromatic carbocycles. The molecule has 13 heavy (non-hydrogen) atoms. The van der Waals surface area contributed by atoms with Gasteiger partial charge in [0.05, 0.1) is 6.61 Å². The zero-order valence-corrected chi connectivity index (χ0v) is 7.83. The predicted octanol–water partition coefficient (Wildman–Crippen LogP) is 1.29. The molecule has 3 heteroatoms. The lowest BCUT2D eigenvalue weighted by atomic mass is 9.96. The van der Waals surface area contributed by atoms with Gasteiger partial charge in [0.2, 0.25) is 0 Å². The van der Waals surface area contributed by atoms with Gasteiger partial charge in [-0.05, 0) is 0 Å². The van der Waals surface area contributed by atoms with Crippen molar-refractivity contribution in [3.05, 3.63) is 34.8 Å². The number of aldehydes is 1. The second kappa shape index (κ2) is 3.52. The summed E-state index contributed by atoms with van der Waals surface area (Å²) in [4.78, 5) is 11.5. The fraction of sp³-hybridized carbons (Fsp3) is 0.300. The van der Waals surface area contributed by atoms with E-state index in [0.29, 0.717) is 5.25 Å². The van der Waals surface area contributed by atoms with Gasteiger partial charge in [0.15, 0.2) is 0 Å². The molecule has 0 bridgehead atoms. The normalized spacial score (nSPS) is 30.8. The van der Waals surface area contributed by atoms with E-state index in [0.717, 1.165) is 16.8 Å². The minimum Gasteiger partial charge on any atom is -0.391 e. The highest BCUT2D eigenvalue weighted by molar-refractivity contribution is 8.04. The Labute approximate surface area is 81.0 Å². The SMILES string of the molecule is O=CC1=CC2C=C(CO)SC2C=C1. The first-order valence-electron chi connectivity index (χ1n) is 4.17. The summed E-state index contributed by atoms with van der Waals surface area (Å²) >= 11 is 1.67. The molecule has 1 aliphatic heterocycles. The number of hydrogen-bond acceptors (Lipinski definition) is 3. The lowest BCUT2D eigenvalue weighted by Gasteiger charge is -2.15. The number of allylic oxidation sites excluding steroid dienone is 4. The number of fused-ring (bicyclic) bond motifs is 1. The first-order valence-corrected chi connectivity index (χ1v) is 5.05. The maximum atomic E-state index is 10.5. The van der Waals surface area contributed by atoms with Gasteiger partial charge >= 0.3 is 0 Å². The van der Waals surface area contributed by atoms with Crippen molar-refractivity contribution in [2.75, 3.05) is 6.61 Å². The molecule has 2 rings (SSSR count). The minimum absolute atomic E-state index is 0.107. The quantitative estimate of drug-likeness (QED) is 0.673. The van der Waals surface area contributed by atoms with Gasteiger partial charge in [-0.1, -0.05) is 24.3 Å². The van der Waals surface area contributed by atoms with Gasteiger partial charge in [0.1, 0.15) is 6.29 Å². The van der Waals surface area contributed by atoms with Crippen molar-refractivity contribution in [3.63, 3.8) is 0 Å². The average Bonchev–Trinajstić information content (AvgIpc) is 2.58. The molecule has 68 valence electrons. The molecule has 0 saturated heterocycles. The van der Waals surface area contributed by atoms with Crippen LogP contribution in [0, 0.1) is 5.92 Å². The summed E-state index contributed by atoms with van der Waals surface area (Å²) in [6.45, 7) is 0.107. The molecule has 2 aliphatic rings. The number of rotatable bonds is 2. The summed E-state index contributed by atoms with van der Waals surface area (Å²) in [6.07, 6.45) is 8.71. The van der Waals surface area contributed by atoms with Crippen molar-refractivity contribution in [1.82, 2.24) is 0 Å². The van der Waals surface area contributed by atoms with Gasteiger partial charge in [-0.2, -0.15) is 0 Å². The molecule has 0 spiro atoms. The maximum Gasteiger partial charge on any atom is 0.149 e. The lowest BCUT2D eigenvalue weighted by molar-refractivity contribution is -0.104. The highest BCUT2D eigenvalue weighted by Crippen LogP contribution is 2.39. The van der Waals surface area contributed by atoms with Crippen molar-refractivity contribution in [1.29, 1.82) is 0 Å². The average molecular weight is 194 g/mol. The van der Waals surface area contributed by atoms with E-state index in [1.54, 1.807) is 11.8 Å². The molecule has 1 N–H and O–H groups in total. The maximum absolute atomic E-state index is 10.5. The number of thioether (sulfide) groups is 1. The number of carbonyl (C=O) groups is 1. The first-order chi connectivity index (χ1) is 6.33. The zero-order chi connectivity index (χ0) is 9.26. The Kier molecular flexibility index (Phi) is 2.38. The molecule has 1 aliphatic carbocycles. The van der Waals surface area contributed by atoms with E-state index in [4.69, 9.17) is 5.11 Å². The van der Waals surface area contributed by atoms with Crippen molar-refractivity contribution >= 4 is 18.0 Å². The summed E-state index contributed by atoms with van der Waals surface area (Å²) in [6, 6.07) is 0. The van der Waals surface area contributed by atoms with E-state index >= 15 is 0 Å². The van der Waals surface area contributed by atoms with Crippen LogP contribution in [0.3, 0.4) is 0 Å². The van der Waals surface area contributed by atoms with Crippen LogP contribution < -0.4 is 0 Å². The second-order valence-corrected chi connectivity index (χ2v) is 4.40. The van der Waals surface area contributed by atoms with Crippen LogP contribution in [0.1, 0.15) is 0 Å². The minimum atomic E-state index is 0.107. The zero-order valence-electron chi connectivity index (χ0n) is 7.01. The topological polar surface area (TPSA) is 37.3 Å². The van der Waals surface area contributed by atoms with Crippen LogP contribution in [-0.2, 0) is 4.79 Å². The highest BCUT2D eigenvalue weighted by atomic mass is 32.2. The predicted molar refractivity (Wildman–Crippen MR) is 53.3 cm³/mol. The van der Waals surface area contributed by atoms with Gasteiger partial charge < -0.3 is 5.11 Å². The van der Waals surface area contributed by atoms with Gasteiger partial charge in [0, 0.05) is 21.6 Å². The third-order valence-corrected chi connectivity index (χ3v) is 3.51. The van der Waals surface area contributed by atoms with Crippen LogP contribution in [0.15, 0.2) is 34.8 Å². The molecule has 2 unspecified atom stereocenters. The largest absolute Gasteiger partial charge is 0.391 e. The highest BCUT2D eigenvalue weighted by Gasteiger charge is 2.26. The lowest BCUT2D eigenvalue weighted by Crippen LogP contribution is -2.10. The standard InChI is InChI=1S/C10H10O2S/c11-5-7-1-2-10-8(3-7)4-9(6-12)13-10/h1-5,8,10,12H,6H2. The van der Waals surface area contributed by atoms with Crippen LogP contribution >= 0.6 is 11.8 Å². The van der Waals surface area contributed by atoms with Gasteiger partial charge in [-0.15, -0.1) is 11.8 Å². The summed E-state index contributed by atoms with van der Waals surface area (Å²) in [5, 5.41) is 9.31.